The Morgan fingerprint density at radius 1 is 0.839 bits per heavy atom. The van der Waals surface area contributed by atoms with Gasteiger partial charge in [-0.25, -0.2) is 9.97 Å². The largest absolute Gasteiger partial charge is 0.497 e. The molecule has 4 rings (SSSR count). The number of carbonyl (C=O) groups is 1. The monoisotopic (exact) mass is 411 g/mol. The van der Waals surface area contributed by atoms with Crippen LogP contribution in [-0.2, 0) is 6.54 Å². The fourth-order valence-corrected chi connectivity index (χ4v) is 2.98. The number of hydrogen-bond acceptors (Lipinski definition) is 5. The third-order valence-corrected chi connectivity index (χ3v) is 4.65. The predicted molar refractivity (Wildman–Crippen MR) is 118 cm³/mol. The topological polar surface area (TPSA) is 73.3 Å². The average molecular weight is 411 g/mol. The summed E-state index contributed by atoms with van der Waals surface area (Å²) in [4.78, 5) is 20.9. The van der Waals surface area contributed by atoms with Crippen LogP contribution in [0.3, 0.4) is 0 Å². The summed E-state index contributed by atoms with van der Waals surface area (Å²) in [5.74, 6) is 1.17. The molecule has 3 aromatic carbocycles. The van der Waals surface area contributed by atoms with Gasteiger partial charge in [-0.15, -0.1) is 0 Å². The van der Waals surface area contributed by atoms with Gasteiger partial charge in [0.15, 0.2) is 0 Å². The molecule has 1 amide bonds. The van der Waals surface area contributed by atoms with E-state index in [-0.39, 0.29) is 11.9 Å². The molecule has 1 N–H and O–H groups in total. The number of rotatable bonds is 7. The number of benzene rings is 3. The van der Waals surface area contributed by atoms with Crippen molar-refractivity contribution in [2.45, 2.75) is 6.54 Å². The van der Waals surface area contributed by atoms with Gasteiger partial charge < -0.3 is 14.8 Å². The van der Waals surface area contributed by atoms with E-state index in [9.17, 15) is 4.79 Å². The molecule has 0 atom stereocenters. The molecule has 0 fully saturated rings. The molecule has 0 bridgehead atoms. The maximum atomic E-state index is 12.4. The zero-order valence-electron chi connectivity index (χ0n) is 17.0. The van der Waals surface area contributed by atoms with E-state index in [1.807, 2.05) is 54.6 Å². The molecule has 154 valence electrons. The van der Waals surface area contributed by atoms with Gasteiger partial charge in [-0.05, 0) is 35.4 Å². The lowest BCUT2D eigenvalue weighted by Gasteiger charge is -2.08. The first kappa shape index (κ1) is 20.1. The van der Waals surface area contributed by atoms with Gasteiger partial charge in [0, 0.05) is 36.1 Å². The van der Waals surface area contributed by atoms with Gasteiger partial charge in [0.25, 0.3) is 5.91 Å². The zero-order valence-corrected chi connectivity index (χ0v) is 17.0. The molecule has 0 radical (unpaired) electrons. The van der Waals surface area contributed by atoms with Crippen molar-refractivity contribution in [1.82, 2.24) is 15.3 Å². The van der Waals surface area contributed by atoms with E-state index in [1.54, 1.807) is 43.8 Å². The van der Waals surface area contributed by atoms with E-state index < -0.39 is 0 Å². The van der Waals surface area contributed by atoms with Crippen molar-refractivity contribution >= 4 is 5.91 Å². The highest BCUT2D eigenvalue weighted by Crippen LogP contribution is 2.24. The third kappa shape index (κ3) is 5.25. The van der Waals surface area contributed by atoms with Crippen LogP contribution < -0.4 is 14.8 Å². The summed E-state index contributed by atoms with van der Waals surface area (Å²) in [5.41, 5.74) is 3.39. The Morgan fingerprint density at radius 2 is 1.55 bits per heavy atom. The standard InChI is InChI=1S/C25H21N3O3/c1-30-22-8-5-9-23(14-22)31-25-27-16-21(17-28-25)19-10-12-20(13-11-19)24(29)26-15-18-6-3-2-4-7-18/h2-14,16-17H,15H2,1H3,(H,26,29). The first-order valence-electron chi connectivity index (χ1n) is 9.78. The number of ether oxygens (including phenoxy) is 2. The maximum absolute atomic E-state index is 12.4. The average Bonchev–Trinajstić information content (AvgIpc) is 2.84. The third-order valence-electron chi connectivity index (χ3n) is 4.65. The van der Waals surface area contributed by atoms with Crippen molar-refractivity contribution < 1.29 is 14.3 Å². The second-order valence-electron chi connectivity index (χ2n) is 6.78. The normalized spacial score (nSPS) is 10.4. The fraction of sp³-hybridized carbons (Fsp3) is 0.0800. The highest BCUT2D eigenvalue weighted by Gasteiger charge is 2.07. The zero-order chi connectivity index (χ0) is 21.5. The minimum atomic E-state index is -0.117. The Kier molecular flexibility index (Phi) is 6.18. The van der Waals surface area contributed by atoms with E-state index in [0.29, 0.717) is 23.6 Å². The molecule has 0 unspecified atom stereocenters. The van der Waals surface area contributed by atoms with Gasteiger partial charge in [-0.1, -0.05) is 48.5 Å². The van der Waals surface area contributed by atoms with Gasteiger partial charge >= 0.3 is 6.01 Å². The van der Waals surface area contributed by atoms with E-state index in [1.165, 1.54) is 0 Å². The van der Waals surface area contributed by atoms with E-state index in [0.717, 1.165) is 16.7 Å². The minimum Gasteiger partial charge on any atom is -0.497 e. The van der Waals surface area contributed by atoms with Crippen molar-refractivity contribution in [3.8, 4) is 28.6 Å². The summed E-state index contributed by atoms with van der Waals surface area (Å²) in [6.07, 6.45) is 3.37. The van der Waals surface area contributed by atoms with Crippen LogP contribution in [0.15, 0.2) is 91.3 Å². The van der Waals surface area contributed by atoms with Crippen LogP contribution in [0.2, 0.25) is 0 Å². The Hall–Kier alpha value is -4.19. The molecular weight excluding hydrogens is 390 g/mol. The van der Waals surface area contributed by atoms with Gasteiger partial charge in [0.1, 0.15) is 11.5 Å². The summed E-state index contributed by atoms with van der Waals surface area (Å²) in [6.45, 7) is 0.490. The lowest BCUT2D eigenvalue weighted by molar-refractivity contribution is 0.0951. The maximum Gasteiger partial charge on any atom is 0.321 e. The summed E-state index contributed by atoms with van der Waals surface area (Å²) >= 11 is 0. The molecule has 31 heavy (non-hydrogen) atoms. The van der Waals surface area contributed by atoms with Crippen LogP contribution in [0.4, 0.5) is 0 Å². The van der Waals surface area contributed by atoms with Crippen LogP contribution in [0.5, 0.6) is 17.5 Å². The predicted octanol–water partition coefficient (Wildman–Crippen LogP) is 4.87. The van der Waals surface area contributed by atoms with Crippen LogP contribution in [-0.4, -0.2) is 23.0 Å². The Labute approximate surface area is 180 Å². The van der Waals surface area contributed by atoms with Crippen molar-refractivity contribution in [2.24, 2.45) is 0 Å². The second kappa shape index (κ2) is 9.54. The van der Waals surface area contributed by atoms with Gasteiger partial charge in [-0.3, -0.25) is 4.79 Å². The molecule has 0 spiro atoms. The first-order valence-corrected chi connectivity index (χ1v) is 9.78. The minimum absolute atomic E-state index is 0.117. The van der Waals surface area contributed by atoms with Crippen molar-refractivity contribution in [1.29, 1.82) is 0 Å². The van der Waals surface area contributed by atoms with E-state index in [2.05, 4.69) is 15.3 Å². The van der Waals surface area contributed by atoms with Gasteiger partial charge in [0.05, 0.1) is 7.11 Å². The van der Waals surface area contributed by atoms with Gasteiger partial charge in [0.2, 0.25) is 0 Å². The Morgan fingerprint density at radius 3 is 2.26 bits per heavy atom. The first-order chi connectivity index (χ1) is 15.2. The fourth-order valence-electron chi connectivity index (χ4n) is 2.98. The lowest BCUT2D eigenvalue weighted by Crippen LogP contribution is -2.22. The van der Waals surface area contributed by atoms with Crippen LogP contribution >= 0.6 is 0 Å². The molecule has 0 saturated carbocycles. The molecule has 0 saturated heterocycles. The molecule has 6 nitrogen and oxygen atoms in total. The highest BCUT2D eigenvalue weighted by atomic mass is 16.5. The summed E-state index contributed by atoms with van der Waals surface area (Å²) in [7, 11) is 1.60. The Bertz CT molecular complexity index is 1140. The molecule has 1 aromatic heterocycles. The van der Waals surface area contributed by atoms with Crippen LogP contribution in [0, 0.1) is 0 Å². The quantitative estimate of drug-likeness (QED) is 0.469. The molecular formula is C25H21N3O3. The molecule has 4 aromatic rings. The van der Waals surface area contributed by atoms with E-state index in [4.69, 9.17) is 9.47 Å². The lowest BCUT2D eigenvalue weighted by atomic mass is 10.1. The smallest absolute Gasteiger partial charge is 0.321 e. The Balaban J connectivity index is 1.38. The number of nitrogens with one attached hydrogen (secondary N) is 1. The number of hydrogen-bond donors (Lipinski definition) is 1. The van der Waals surface area contributed by atoms with Crippen molar-refractivity contribution in [2.75, 3.05) is 7.11 Å². The molecule has 0 aliphatic carbocycles. The summed E-state index contributed by atoms with van der Waals surface area (Å²) in [5, 5.41) is 2.92. The van der Waals surface area contributed by atoms with Crippen molar-refractivity contribution in [3.05, 3.63) is 102 Å². The number of nitrogens with zero attached hydrogens (tertiary/aromatic N) is 2. The van der Waals surface area contributed by atoms with Crippen molar-refractivity contribution in [3.63, 3.8) is 0 Å². The molecule has 6 heteroatoms. The second-order valence-corrected chi connectivity index (χ2v) is 6.78. The van der Waals surface area contributed by atoms with Crippen LogP contribution in [0.1, 0.15) is 15.9 Å². The number of carbonyl (C=O) groups excluding carboxylic acids is 1. The number of methoxy groups -OCH3 is 1. The molecule has 0 aliphatic heterocycles. The van der Waals surface area contributed by atoms with Crippen LogP contribution in [0.25, 0.3) is 11.1 Å². The SMILES string of the molecule is COc1cccc(Oc2ncc(-c3ccc(C(=O)NCc4ccccc4)cc3)cn2)c1. The number of aromatic nitrogens is 2. The van der Waals surface area contributed by atoms with E-state index >= 15 is 0 Å². The summed E-state index contributed by atoms with van der Waals surface area (Å²) < 4.78 is 10.9. The summed E-state index contributed by atoms with van der Waals surface area (Å²) in [6, 6.07) is 24.6. The van der Waals surface area contributed by atoms with Gasteiger partial charge in [-0.2, -0.15) is 0 Å². The molecule has 0 aliphatic rings. The number of amides is 1. The molecule has 1 heterocycles. The highest BCUT2D eigenvalue weighted by molar-refractivity contribution is 5.94.